The lowest BCUT2D eigenvalue weighted by atomic mass is 10.1. The van der Waals surface area contributed by atoms with Crippen LogP contribution in [0.1, 0.15) is 27.4 Å². The molecule has 0 atom stereocenters. The summed E-state index contributed by atoms with van der Waals surface area (Å²) in [6.45, 7) is 3.89. The van der Waals surface area contributed by atoms with Gasteiger partial charge in [-0.3, -0.25) is 4.79 Å². The van der Waals surface area contributed by atoms with E-state index in [1.807, 2.05) is 24.3 Å². The van der Waals surface area contributed by atoms with E-state index in [2.05, 4.69) is 10.5 Å². The quantitative estimate of drug-likeness (QED) is 0.866. The minimum absolute atomic E-state index is 0.222. The Bertz CT molecular complexity index is 556. The molecule has 94 valence electrons. The van der Waals surface area contributed by atoms with E-state index < -0.39 is 0 Å². The fourth-order valence-electron chi connectivity index (χ4n) is 1.78. The number of carbonyl (C=O) groups excluding carboxylic acids is 1. The van der Waals surface area contributed by atoms with E-state index in [0.29, 0.717) is 29.2 Å². The zero-order valence-electron chi connectivity index (χ0n) is 10.4. The zero-order valence-corrected chi connectivity index (χ0v) is 10.4. The van der Waals surface area contributed by atoms with Gasteiger partial charge in [-0.2, -0.15) is 0 Å². The van der Waals surface area contributed by atoms with Gasteiger partial charge in [0.2, 0.25) is 0 Å². The second-order valence-electron chi connectivity index (χ2n) is 4.06. The number of nitrogens with zero attached hydrogens (tertiary/aromatic N) is 1. The molecule has 0 spiro atoms. The highest BCUT2D eigenvalue weighted by molar-refractivity contribution is 6.05. The van der Waals surface area contributed by atoms with Crippen LogP contribution in [0.5, 0.6) is 0 Å². The van der Waals surface area contributed by atoms with Crippen molar-refractivity contribution in [2.24, 2.45) is 5.73 Å². The third-order valence-electron chi connectivity index (χ3n) is 2.68. The Morgan fingerprint density at radius 3 is 2.83 bits per heavy atom. The first kappa shape index (κ1) is 12.3. The molecule has 0 unspecified atom stereocenters. The van der Waals surface area contributed by atoms with Crippen molar-refractivity contribution in [1.29, 1.82) is 0 Å². The highest BCUT2D eigenvalue weighted by Crippen LogP contribution is 2.16. The maximum absolute atomic E-state index is 12.1. The molecule has 5 heteroatoms. The normalized spacial score (nSPS) is 10.4. The predicted octanol–water partition coefficient (Wildman–Crippen LogP) is 2.00. The van der Waals surface area contributed by atoms with Crippen molar-refractivity contribution in [2.45, 2.75) is 20.4 Å². The van der Waals surface area contributed by atoms with E-state index in [1.54, 1.807) is 13.8 Å². The monoisotopic (exact) mass is 245 g/mol. The van der Waals surface area contributed by atoms with E-state index >= 15 is 0 Å². The number of nitrogens with one attached hydrogen (secondary N) is 1. The maximum atomic E-state index is 12.1. The lowest BCUT2D eigenvalue weighted by Gasteiger charge is -2.06. The van der Waals surface area contributed by atoms with Crippen molar-refractivity contribution in [3.8, 4) is 0 Å². The standard InChI is InChI=1S/C13H15N3O2/c1-8-12(9(2)18-16-8)13(17)15-11-5-3-4-10(6-11)7-14/h3-6H,7,14H2,1-2H3,(H,15,17). The number of aromatic nitrogens is 1. The van der Waals surface area contributed by atoms with Crippen molar-refractivity contribution in [2.75, 3.05) is 5.32 Å². The summed E-state index contributed by atoms with van der Waals surface area (Å²) in [5.74, 6) is 0.292. The first-order chi connectivity index (χ1) is 8.61. The first-order valence-corrected chi connectivity index (χ1v) is 5.65. The molecule has 1 amide bonds. The zero-order chi connectivity index (χ0) is 13.1. The summed E-state index contributed by atoms with van der Waals surface area (Å²) in [6, 6.07) is 7.42. The van der Waals surface area contributed by atoms with Crippen LogP contribution in [-0.2, 0) is 6.54 Å². The van der Waals surface area contributed by atoms with E-state index in [4.69, 9.17) is 10.3 Å². The van der Waals surface area contributed by atoms with E-state index in [1.165, 1.54) is 0 Å². The van der Waals surface area contributed by atoms with Crippen molar-refractivity contribution in [3.05, 3.63) is 46.8 Å². The number of benzene rings is 1. The van der Waals surface area contributed by atoms with Gasteiger partial charge in [0, 0.05) is 12.2 Å². The third-order valence-corrected chi connectivity index (χ3v) is 2.68. The molecule has 0 aliphatic carbocycles. The van der Waals surface area contributed by atoms with Crippen LogP contribution < -0.4 is 11.1 Å². The summed E-state index contributed by atoms with van der Waals surface area (Å²) >= 11 is 0. The smallest absolute Gasteiger partial charge is 0.261 e. The van der Waals surface area contributed by atoms with Gasteiger partial charge in [0.25, 0.3) is 5.91 Å². The molecule has 0 saturated carbocycles. The number of aryl methyl sites for hydroxylation is 2. The Morgan fingerprint density at radius 1 is 1.44 bits per heavy atom. The Hall–Kier alpha value is -2.14. The molecule has 1 aromatic heterocycles. The molecule has 18 heavy (non-hydrogen) atoms. The van der Waals surface area contributed by atoms with Gasteiger partial charge in [0.15, 0.2) is 0 Å². The average Bonchev–Trinajstić information content (AvgIpc) is 2.69. The van der Waals surface area contributed by atoms with Crippen LogP contribution >= 0.6 is 0 Å². The van der Waals surface area contributed by atoms with Gasteiger partial charge in [-0.25, -0.2) is 0 Å². The van der Waals surface area contributed by atoms with Gasteiger partial charge in [0.05, 0.1) is 5.69 Å². The number of hydrogen-bond acceptors (Lipinski definition) is 4. The molecule has 1 aromatic carbocycles. The predicted molar refractivity (Wildman–Crippen MR) is 68.3 cm³/mol. The molecule has 0 fully saturated rings. The van der Waals surface area contributed by atoms with Gasteiger partial charge in [0.1, 0.15) is 11.3 Å². The molecule has 0 bridgehead atoms. The van der Waals surface area contributed by atoms with Crippen LogP contribution in [0, 0.1) is 13.8 Å². The van der Waals surface area contributed by atoms with Crippen LogP contribution in [0.15, 0.2) is 28.8 Å². The van der Waals surface area contributed by atoms with Crippen LogP contribution in [0.4, 0.5) is 5.69 Å². The molecule has 1 heterocycles. The second-order valence-corrected chi connectivity index (χ2v) is 4.06. The fraction of sp³-hybridized carbons (Fsp3) is 0.231. The van der Waals surface area contributed by atoms with Crippen molar-refractivity contribution >= 4 is 11.6 Å². The summed E-state index contributed by atoms with van der Waals surface area (Å²) in [4.78, 5) is 12.1. The first-order valence-electron chi connectivity index (χ1n) is 5.65. The van der Waals surface area contributed by atoms with Crippen LogP contribution in [0.3, 0.4) is 0 Å². The van der Waals surface area contributed by atoms with Gasteiger partial charge in [-0.15, -0.1) is 0 Å². The number of hydrogen-bond donors (Lipinski definition) is 2. The molecule has 0 aliphatic rings. The molecule has 5 nitrogen and oxygen atoms in total. The molecule has 0 saturated heterocycles. The van der Waals surface area contributed by atoms with Crippen molar-refractivity contribution < 1.29 is 9.32 Å². The summed E-state index contributed by atoms with van der Waals surface area (Å²) in [6.07, 6.45) is 0. The Balaban J connectivity index is 2.21. The molecule has 3 N–H and O–H groups in total. The Labute approximate surface area is 105 Å². The van der Waals surface area contributed by atoms with Crippen molar-refractivity contribution in [1.82, 2.24) is 5.16 Å². The topological polar surface area (TPSA) is 81.2 Å². The Kier molecular flexibility index (Phi) is 3.43. The summed E-state index contributed by atoms with van der Waals surface area (Å²) in [5.41, 5.74) is 8.29. The minimum Gasteiger partial charge on any atom is -0.361 e. The molecule has 0 aliphatic heterocycles. The highest BCUT2D eigenvalue weighted by Gasteiger charge is 2.17. The van der Waals surface area contributed by atoms with E-state index in [9.17, 15) is 4.79 Å². The molecule has 2 aromatic rings. The third kappa shape index (κ3) is 2.41. The largest absolute Gasteiger partial charge is 0.361 e. The maximum Gasteiger partial charge on any atom is 0.261 e. The lowest BCUT2D eigenvalue weighted by molar-refractivity contribution is 0.102. The van der Waals surface area contributed by atoms with Gasteiger partial charge in [-0.1, -0.05) is 17.3 Å². The number of carbonyl (C=O) groups is 1. The summed E-state index contributed by atoms with van der Waals surface area (Å²) < 4.78 is 4.97. The van der Waals surface area contributed by atoms with E-state index in [-0.39, 0.29) is 5.91 Å². The van der Waals surface area contributed by atoms with Gasteiger partial charge >= 0.3 is 0 Å². The average molecular weight is 245 g/mol. The molecule has 2 rings (SSSR count). The summed E-state index contributed by atoms with van der Waals surface area (Å²) in [7, 11) is 0. The second kappa shape index (κ2) is 5.01. The number of anilines is 1. The van der Waals surface area contributed by atoms with Crippen LogP contribution in [-0.4, -0.2) is 11.1 Å². The highest BCUT2D eigenvalue weighted by atomic mass is 16.5. The van der Waals surface area contributed by atoms with Gasteiger partial charge in [-0.05, 0) is 31.5 Å². The van der Waals surface area contributed by atoms with Crippen LogP contribution in [0.2, 0.25) is 0 Å². The molecular weight excluding hydrogens is 230 g/mol. The van der Waals surface area contributed by atoms with E-state index in [0.717, 1.165) is 5.56 Å². The lowest BCUT2D eigenvalue weighted by Crippen LogP contribution is -2.13. The number of rotatable bonds is 3. The number of nitrogens with two attached hydrogens (primary N) is 1. The molecular formula is C13H15N3O2. The minimum atomic E-state index is -0.222. The summed E-state index contributed by atoms with van der Waals surface area (Å²) in [5, 5.41) is 6.56. The number of amides is 1. The molecule has 0 radical (unpaired) electrons. The van der Waals surface area contributed by atoms with Crippen LogP contribution in [0.25, 0.3) is 0 Å². The fourth-order valence-corrected chi connectivity index (χ4v) is 1.78. The Morgan fingerprint density at radius 2 is 2.22 bits per heavy atom. The SMILES string of the molecule is Cc1noc(C)c1C(=O)Nc1cccc(CN)c1. The van der Waals surface area contributed by atoms with Gasteiger partial charge < -0.3 is 15.6 Å². The van der Waals surface area contributed by atoms with Crippen molar-refractivity contribution in [3.63, 3.8) is 0 Å².